The van der Waals surface area contributed by atoms with Crippen molar-refractivity contribution in [2.75, 3.05) is 13.1 Å². The van der Waals surface area contributed by atoms with E-state index in [0.29, 0.717) is 11.3 Å². The normalized spacial score (nSPS) is 51.7. The summed E-state index contributed by atoms with van der Waals surface area (Å²) in [5.74, 6) is 3.62. The Morgan fingerprint density at radius 1 is 1.12 bits per heavy atom. The summed E-state index contributed by atoms with van der Waals surface area (Å²) in [6.45, 7) is 9.25. The molecular formula is C22H34N2O. The van der Waals surface area contributed by atoms with Gasteiger partial charge in [0.15, 0.2) is 0 Å². The van der Waals surface area contributed by atoms with Crippen molar-refractivity contribution in [2.45, 2.75) is 77.7 Å². The van der Waals surface area contributed by atoms with Crippen LogP contribution in [0.4, 0.5) is 0 Å². The third-order valence-corrected chi connectivity index (χ3v) is 9.29. The lowest BCUT2D eigenvalue weighted by molar-refractivity contribution is -0.114. The summed E-state index contributed by atoms with van der Waals surface area (Å²) < 4.78 is 0. The van der Waals surface area contributed by atoms with Crippen molar-refractivity contribution in [1.29, 1.82) is 0 Å². The van der Waals surface area contributed by atoms with Crippen LogP contribution in [0.5, 0.6) is 0 Å². The Kier molecular flexibility index (Phi) is 3.35. The summed E-state index contributed by atoms with van der Waals surface area (Å²) in [5.41, 5.74) is 1.59. The minimum Gasteiger partial charge on any atom is -0.390 e. The molecule has 0 aromatic heterocycles. The highest BCUT2D eigenvalue weighted by Crippen LogP contribution is 2.66. The van der Waals surface area contributed by atoms with Gasteiger partial charge >= 0.3 is 0 Å². The number of nitrogens with zero attached hydrogens (tertiary/aromatic N) is 2. The van der Waals surface area contributed by atoms with Crippen LogP contribution in [-0.2, 0) is 0 Å². The Morgan fingerprint density at radius 3 is 2.76 bits per heavy atom. The van der Waals surface area contributed by atoms with E-state index in [2.05, 4.69) is 31.7 Å². The monoisotopic (exact) mass is 342 g/mol. The number of piperidine rings is 1. The van der Waals surface area contributed by atoms with Crippen LogP contribution in [-0.4, -0.2) is 34.5 Å². The van der Waals surface area contributed by atoms with Crippen LogP contribution in [0.2, 0.25) is 0 Å². The molecule has 0 amide bonds. The SMILES string of the molecule is C[C@]12CCC3=NCCCN3C1=CC[C@@H]1[C@@H]2CC[C@@]2(C)[C@H]1CC[C@]2(C)O. The van der Waals surface area contributed by atoms with Crippen LogP contribution in [0.15, 0.2) is 16.8 Å². The molecule has 0 aromatic rings. The maximum absolute atomic E-state index is 11.1. The third-order valence-electron chi connectivity index (χ3n) is 9.29. The first-order valence-electron chi connectivity index (χ1n) is 10.6. The fraction of sp³-hybridized carbons (Fsp3) is 0.864. The lowest BCUT2D eigenvalue weighted by Gasteiger charge is -2.60. The topological polar surface area (TPSA) is 35.8 Å². The lowest BCUT2D eigenvalue weighted by Crippen LogP contribution is -2.56. The van der Waals surface area contributed by atoms with Gasteiger partial charge in [0.1, 0.15) is 5.84 Å². The Balaban J connectivity index is 1.52. The van der Waals surface area contributed by atoms with Gasteiger partial charge in [-0.3, -0.25) is 4.99 Å². The molecule has 3 nitrogen and oxygen atoms in total. The fourth-order valence-electron chi connectivity index (χ4n) is 7.55. The van der Waals surface area contributed by atoms with E-state index in [4.69, 9.17) is 4.99 Å². The van der Waals surface area contributed by atoms with E-state index >= 15 is 0 Å². The van der Waals surface area contributed by atoms with Crippen molar-refractivity contribution in [1.82, 2.24) is 4.90 Å². The van der Waals surface area contributed by atoms with E-state index < -0.39 is 5.60 Å². The summed E-state index contributed by atoms with van der Waals surface area (Å²) in [6.07, 6.45) is 12.2. The maximum atomic E-state index is 11.1. The molecule has 3 aliphatic carbocycles. The average molecular weight is 343 g/mol. The number of aliphatic imine (C=N–C) groups is 1. The van der Waals surface area contributed by atoms with Gasteiger partial charge in [0.2, 0.25) is 0 Å². The van der Waals surface area contributed by atoms with Gasteiger partial charge in [-0.25, -0.2) is 0 Å². The molecule has 6 atom stereocenters. The number of rotatable bonds is 0. The molecule has 0 aromatic carbocycles. The van der Waals surface area contributed by atoms with Gasteiger partial charge in [0, 0.05) is 30.6 Å². The van der Waals surface area contributed by atoms with Gasteiger partial charge in [0.05, 0.1) is 5.60 Å². The first-order valence-corrected chi connectivity index (χ1v) is 10.6. The summed E-state index contributed by atoms with van der Waals surface area (Å²) in [5, 5.41) is 11.1. The molecule has 0 spiro atoms. The second-order valence-corrected chi connectivity index (χ2v) is 10.2. The third kappa shape index (κ3) is 1.99. The van der Waals surface area contributed by atoms with Crippen molar-refractivity contribution in [3.63, 3.8) is 0 Å². The summed E-state index contributed by atoms with van der Waals surface area (Å²) >= 11 is 0. The number of amidine groups is 1. The molecule has 25 heavy (non-hydrogen) atoms. The van der Waals surface area contributed by atoms with E-state index in [1.54, 1.807) is 5.70 Å². The summed E-state index contributed by atoms with van der Waals surface area (Å²) in [4.78, 5) is 7.41. The minimum atomic E-state index is -0.465. The zero-order valence-electron chi connectivity index (χ0n) is 16.2. The van der Waals surface area contributed by atoms with Crippen molar-refractivity contribution in [2.24, 2.45) is 33.6 Å². The molecule has 1 saturated heterocycles. The van der Waals surface area contributed by atoms with Crippen LogP contribution in [0.1, 0.15) is 72.1 Å². The Morgan fingerprint density at radius 2 is 1.92 bits per heavy atom. The van der Waals surface area contributed by atoms with Crippen molar-refractivity contribution in [3.8, 4) is 0 Å². The molecule has 0 unspecified atom stereocenters. The highest BCUT2D eigenvalue weighted by molar-refractivity contribution is 5.86. The van der Waals surface area contributed by atoms with Gasteiger partial charge in [-0.1, -0.05) is 19.9 Å². The van der Waals surface area contributed by atoms with Crippen LogP contribution in [0, 0.1) is 28.6 Å². The van der Waals surface area contributed by atoms with Crippen molar-refractivity contribution in [3.05, 3.63) is 11.8 Å². The predicted molar refractivity (Wildman–Crippen MR) is 101 cm³/mol. The van der Waals surface area contributed by atoms with Crippen LogP contribution in [0.3, 0.4) is 0 Å². The number of hydrogen-bond donors (Lipinski definition) is 1. The molecule has 2 saturated carbocycles. The molecular weight excluding hydrogens is 308 g/mol. The first-order chi connectivity index (χ1) is 11.9. The molecule has 138 valence electrons. The van der Waals surface area contributed by atoms with E-state index in [-0.39, 0.29) is 5.41 Å². The van der Waals surface area contributed by atoms with Gasteiger partial charge in [-0.05, 0) is 75.0 Å². The number of aliphatic hydroxyl groups is 1. The molecule has 1 N–H and O–H groups in total. The molecule has 5 rings (SSSR count). The lowest BCUT2D eigenvalue weighted by atomic mass is 9.48. The smallest absolute Gasteiger partial charge is 0.103 e. The first kappa shape index (κ1) is 16.4. The minimum absolute atomic E-state index is 0.127. The maximum Gasteiger partial charge on any atom is 0.103 e. The molecule has 0 radical (unpaired) electrons. The summed E-state index contributed by atoms with van der Waals surface area (Å²) in [6, 6.07) is 0. The second kappa shape index (κ2) is 5.12. The average Bonchev–Trinajstić information content (AvgIpc) is 2.84. The fourth-order valence-corrected chi connectivity index (χ4v) is 7.55. The molecule has 5 aliphatic rings. The second-order valence-electron chi connectivity index (χ2n) is 10.2. The zero-order chi connectivity index (χ0) is 17.4. The highest BCUT2D eigenvalue weighted by atomic mass is 16.3. The van der Waals surface area contributed by atoms with Crippen molar-refractivity contribution >= 4 is 5.84 Å². The number of hydrogen-bond acceptors (Lipinski definition) is 3. The molecule has 2 aliphatic heterocycles. The largest absolute Gasteiger partial charge is 0.390 e. The van der Waals surface area contributed by atoms with Gasteiger partial charge < -0.3 is 10.0 Å². The van der Waals surface area contributed by atoms with Gasteiger partial charge in [-0.2, -0.15) is 0 Å². The van der Waals surface area contributed by atoms with Gasteiger partial charge in [-0.15, -0.1) is 0 Å². The highest BCUT2D eigenvalue weighted by Gasteiger charge is 2.62. The van der Waals surface area contributed by atoms with Crippen LogP contribution < -0.4 is 0 Å². The van der Waals surface area contributed by atoms with E-state index in [9.17, 15) is 5.11 Å². The number of allylic oxidation sites excluding steroid dienone is 2. The van der Waals surface area contributed by atoms with Gasteiger partial charge in [0.25, 0.3) is 0 Å². The molecule has 0 bridgehead atoms. The van der Waals surface area contributed by atoms with E-state index in [1.807, 2.05) is 0 Å². The van der Waals surface area contributed by atoms with Crippen LogP contribution >= 0.6 is 0 Å². The molecule has 3 fully saturated rings. The molecule has 3 heteroatoms. The van der Waals surface area contributed by atoms with Crippen LogP contribution in [0.25, 0.3) is 0 Å². The van der Waals surface area contributed by atoms with Crippen molar-refractivity contribution < 1.29 is 5.11 Å². The standard InChI is InChI=1S/C22H34N2O/c1-20-10-9-19-23-13-4-14-24(19)18(20)6-5-15-16(20)7-11-21(2)17(15)8-12-22(21,3)25/h6,15-17,25H,4-5,7-14H2,1-3H3/t15-,16+,17+,20-,21+,22+/m1/s1. The molecule has 2 heterocycles. The Hall–Kier alpha value is -0.830. The van der Waals surface area contributed by atoms with E-state index in [0.717, 1.165) is 31.2 Å². The Bertz CT molecular complexity index is 650. The van der Waals surface area contributed by atoms with E-state index in [1.165, 1.54) is 50.9 Å². The Labute approximate surface area is 152 Å². The number of fused-ring (bicyclic) bond motifs is 7. The summed E-state index contributed by atoms with van der Waals surface area (Å²) in [7, 11) is 0. The quantitative estimate of drug-likeness (QED) is 0.709. The zero-order valence-corrected chi connectivity index (χ0v) is 16.2. The predicted octanol–water partition coefficient (Wildman–Crippen LogP) is 4.37.